The van der Waals surface area contributed by atoms with E-state index in [4.69, 9.17) is 11.6 Å². The van der Waals surface area contributed by atoms with Gasteiger partial charge in [0.05, 0.1) is 10.7 Å². The van der Waals surface area contributed by atoms with Crippen LogP contribution in [0.4, 0.5) is 22.2 Å². The topological polar surface area (TPSA) is 82.2 Å². The zero-order chi connectivity index (χ0) is 20.1. The fraction of sp³-hybridized carbons (Fsp3) is 0.450. The predicted octanol–water partition coefficient (Wildman–Crippen LogP) is 4.05. The summed E-state index contributed by atoms with van der Waals surface area (Å²) >= 11 is 6.18. The van der Waals surface area contributed by atoms with E-state index >= 15 is 0 Å². The maximum Gasteiger partial charge on any atom is 0.319 e. The van der Waals surface area contributed by atoms with Gasteiger partial charge in [0.25, 0.3) is 0 Å². The smallest absolute Gasteiger partial charge is 0.319 e. The molecule has 0 bridgehead atoms. The van der Waals surface area contributed by atoms with Crippen LogP contribution in [-0.2, 0) is 0 Å². The second-order valence-electron chi connectivity index (χ2n) is 7.36. The second kappa shape index (κ2) is 9.10. The van der Waals surface area contributed by atoms with Crippen molar-refractivity contribution < 1.29 is 4.79 Å². The first kappa shape index (κ1) is 20.2. The Balaban J connectivity index is 1.47. The summed E-state index contributed by atoms with van der Waals surface area (Å²) in [6.07, 6.45) is 5.47. The number of carbonyl (C=O) groups excluding carboxylic acids is 1. The number of benzene rings is 1. The Bertz CT molecular complexity index is 800. The number of anilines is 3. The molecule has 3 N–H and O–H groups in total. The highest BCUT2D eigenvalue weighted by Crippen LogP contribution is 2.26. The maximum atomic E-state index is 12.3. The molecule has 2 aromatic rings. The van der Waals surface area contributed by atoms with Crippen LogP contribution in [0.2, 0.25) is 5.02 Å². The average Bonchev–Trinajstić information content (AvgIpc) is 2.67. The van der Waals surface area contributed by atoms with Gasteiger partial charge in [-0.3, -0.25) is 0 Å². The van der Waals surface area contributed by atoms with Gasteiger partial charge >= 0.3 is 6.03 Å². The number of aryl methyl sites for hydroxylation is 1. The number of hydrogen-bond donors (Lipinski definition) is 3. The summed E-state index contributed by atoms with van der Waals surface area (Å²) in [7, 11) is 3.91. The number of amides is 2. The summed E-state index contributed by atoms with van der Waals surface area (Å²) in [6, 6.07) is 7.69. The number of para-hydroxylation sites is 1. The molecular weight excluding hydrogens is 376 g/mol. The molecule has 1 heterocycles. The van der Waals surface area contributed by atoms with Gasteiger partial charge < -0.3 is 20.9 Å². The van der Waals surface area contributed by atoms with Crippen molar-refractivity contribution in [1.29, 1.82) is 0 Å². The van der Waals surface area contributed by atoms with Crippen molar-refractivity contribution >= 4 is 35.1 Å². The van der Waals surface area contributed by atoms with Gasteiger partial charge in [0.1, 0.15) is 5.82 Å². The van der Waals surface area contributed by atoms with E-state index in [2.05, 4.69) is 25.9 Å². The molecular formula is C20H27ClN6O. The van der Waals surface area contributed by atoms with E-state index < -0.39 is 0 Å². The van der Waals surface area contributed by atoms with Crippen LogP contribution in [0.3, 0.4) is 0 Å². The average molecular weight is 403 g/mol. The zero-order valence-corrected chi connectivity index (χ0v) is 17.3. The van der Waals surface area contributed by atoms with Gasteiger partial charge in [0, 0.05) is 32.4 Å². The SMILES string of the molecule is Cc1cccc(Cl)c1NC(=O)NC1CCC(Nc2nccc(N(C)C)n2)CC1. The van der Waals surface area contributed by atoms with Crippen molar-refractivity contribution in [2.24, 2.45) is 0 Å². The van der Waals surface area contributed by atoms with Gasteiger partial charge in [-0.25, -0.2) is 9.78 Å². The van der Waals surface area contributed by atoms with E-state index in [1.54, 1.807) is 12.3 Å². The van der Waals surface area contributed by atoms with Crippen molar-refractivity contribution in [3.63, 3.8) is 0 Å². The highest BCUT2D eigenvalue weighted by molar-refractivity contribution is 6.33. The highest BCUT2D eigenvalue weighted by atomic mass is 35.5. The van der Waals surface area contributed by atoms with Gasteiger partial charge in [-0.15, -0.1) is 0 Å². The number of aromatic nitrogens is 2. The first-order valence-electron chi connectivity index (χ1n) is 9.52. The van der Waals surface area contributed by atoms with E-state index in [-0.39, 0.29) is 12.1 Å². The lowest BCUT2D eigenvalue weighted by atomic mass is 9.91. The van der Waals surface area contributed by atoms with Crippen molar-refractivity contribution in [1.82, 2.24) is 15.3 Å². The van der Waals surface area contributed by atoms with Crippen LogP contribution < -0.4 is 20.9 Å². The molecule has 1 saturated carbocycles. The van der Waals surface area contributed by atoms with E-state index in [0.717, 1.165) is 37.1 Å². The van der Waals surface area contributed by atoms with Crippen LogP contribution >= 0.6 is 11.6 Å². The zero-order valence-electron chi connectivity index (χ0n) is 16.5. The molecule has 0 spiro atoms. The number of halogens is 1. The van der Waals surface area contributed by atoms with Gasteiger partial charge in [-0.05, 0) is 50.3 Å². The molecule has 7 nitrogen and oxygen atoms in total. The number of urea groups is 1. The lowest BCUT2D eigenvalue weighted by Gasteiger charge is -2.30. The Kier molecular flexibility index (Phi) is 6.57. The molecule has 3 rings (SSSR count). The van der Waals surface area contributed by atoms with E-state index in [9.17, 15) is 4.79 Å². The van der Waals surface area contributed by atoms with Gasteiger partial charge in [0.2, 0.25) is 5.95 Å². The first-order chi connectivity index (χ1) is 13.4. The third-order valence-electron chi connectivity index (χ3n) is 4.96. The Hall–Kier alpha value is -2.54. The van der Waals surface area contributed by atoms with Crippen molar-refractivity contribution in [3.8, 4) is 0 Å². The van der Waals surface area contributed by atoms with Crippen LogP contribution in [0.15, 0.2) is 30.5 Å². The molecule has 0 unspecified atom stereocenters. The molecule has 1 aliphatic rings. The Morgan fingerprint density at radius 1 is 1.14 bits per heavy atom. The third-order valence-corrected chi connectivity index (χ3v) is 5.27. The minimum Gasteiger partial charge on any atom is -0.363 e. The van der Waals surface area contributed by atoms with Gasteiger partial charge in [-0.2, -0.15) is 4.98 Å². The quantitative estimate of drug-likeness (QED) is 0.702. The number of nitrogens with zero attached hydrogens (tertiary/aromatic N) is 3. The molecule has 8 heteroatoms. The summed E-state index contributed by atoms with van der Waals surface area (Å²) in [5, 5.41) is 9.88. The molecule has 0 saturated heterocycles. The Labute approximate surface area is 170 Å². The second-order valence-corrected chi connectivity index (χ2v) is 7.76. The van der Waals surface area contributed by atoms with Crippen LogP contribution in [-0.4, -0.2) is 42.2 Å². The summed E-state index contributed by atoms with van der Waals surface area (Å²) in [5.41, 5.74) is 1.60. The van der Waals surface area contributed by atoms with Gasteiger partial charge in [-0.1, -0.05) is 23.7 Å². The lowest BCUT2D eigenvalue weighted by Crippen LogP contribution is -2.42. The normalized spacial score (nSPS) is 19.0. The molecule has 1 fully saturated rings. The minimum absolute atomic E-state index is 0.148. The minimum atomic E-state index is -0.213. The van der Waals surface area contributed by atoms with E-state index in [1.165, 1.54) is 0 Å². The van der Waals surface area contributed by atoms with Crippen LogP contribution in [0.5, 0.6) is 0 Å². The molecule has 0 radical (unpaired) electrons. The number of rotatable bonds is 5. The molecule has 150 valence electrons. The monoisotopic (exact) mass is 402 g/mol. The fourth-order valence-electron chi connectivity index (χ4n) is 3.36. The molecule has 1 aromatic heterocycles. The van der Waals surface area contributed by atoms with Crippen LogP contribution in [0.25, 0.3) is 0 Å². The third kappa shape index (κ3) is 5.25. The molecule has 0 aliphatic heterocycles. The highest BCUT2D eigenvalue weighted by Gasteiger charge is 2.23. The van der Waals surface area contributed by atoms with Crippen LogP contribution in [0.1, 0.15) is 31.2 Å². The number of nitrogens with one attached hydrogen (secondary N) is 3. The Morgan fingerprint density at radius 3 is 2.54 bits per heavy atom. The standard InChI is InChI=1S/C20H27ClN6O/c1-13-5-4-6-16(21)18(13)26-20(28)24-15-9-7-14(8-10-15)23-19-22-12-11-17(25-19)27(2)3/h4-6,11-12,14-15H,7-10H2,1-3H3,(H,22,23,25)(H2,24,26,28). The molecule has 28 heavy (non-hydrogen) atoms. The number of hydrogen-bond acceptors (Lipinski definition) is 5. The van der Waals surface area contributed by atoms with Gasteiger partial charge in [0.15, 0.2) is 0 Å². The molecule has 2 amide bonds. The van der Waals surface area contributed by atoms with Crippen LogP contribution in [0, 0.1) is 6.92 Å². The number of carbonyl (C=O) groups is 1. The van der Waals surface area contributed by atoms with E-state index in [0.29, 0.717) is 22.7 Å². The lowest BCUT2D eigenvalue weighted by molar-refractivity contribution is 0.243. The summed E-state index contributed by atoms with van der Waals surface area (Å²) in [4.78, 5) is 23.1. The predicted molar refractivity (Wildman–Crippen MR) is 114 cm³/mol. The van der Waals surface area contributed by atoms with E-state index in [1.807, 2.05) is 44.1 Å². The summed E-state index contributed by atoms with van der Waals surface area (Å²) in [6.45, 7) is 1.92. The summed E-state index contributed by atoms with van der Waals surface area (Å²) in [5.74, 6) is 1.52. The molecule has 1 aliphatic carbocycles. The molecule has 1 aromatic carbocycles. The largest absolute Gasteiger partial charge is 0.363 e. The fourth-order valence-corrected chi connectivity index (χ4v) is 3.63. The first-order valence-corrected chi connectivity index (χ1v) is 9.89. The maximum absolute atomic E-state index is 12.3. The Morgan fingerprint density at radius 2 is 1.86 bits per heavy atom. The van der Waals surface area contributed by atoms with Crippen molar-refractivity contribution in [3.05, 3.63) is 41.0 Å². The van der Waals surface area contributed by atoms with Crippen molar-refractivity contribution in [2.75, 3.05) is 29.6 Å². The van der Waals surface area contributed by atoms with Crippen molar-refractivity contribution in [2.45, 2.75) is 44.7 Å². The molecule has 0 atom stereocenters. The summed E-state index contributed by atoms with van der Waals surface area (Å²) < 4.78 is 0.